The van der Waals surface area contributed by atoms with Crippen molar-refractivity contribution in [1.29, 1.82) is 0 Å². The van der Waals surface area contributed by atoms with E-state index in [0.29, 0.717) is 5.82 Å². The Hall–Kier alpha value is -15.5. The van der Waals surface area contributed by atoms with Crippen LogP contribution in [0.15, 0.2) is 371 Å². The number of hydrogen-bond donors (Lipinski definition) is 0. The maximum atomic E-state index is 5.38. The Morgan fingerprint density at radius 2 is 0.526 bits per heavy atom. The molecule has 23 aromatic rings. The number of aromatic nitrogens is 9. The normalized spacial score (nSPS) is 11.9. The zero-order valence-electron chi connectivity index (χ0n) is 61.2. The van der Waals surface area contributed by atoms with Crippen LogP contribution in [-0.2, 0) is 0 Å². The number of rotatable bonds is 10. The first-order chi connectivity index (χ1) is 56.4. The molecule has 526 valence electrons. The summed E-state index contributed by atoms with van der Waals surface area (Å²) in [6.07, 6.45) is 11.3. The maximum absolute atomic E-state index is 5.38. The molecule has 0 unspecified atom stereocenters. The van der Waals surface area contributed by atoms with Gasteiger partial charge < -0.3 is 0 Å². The Balaban J connectivity index is 0.523. The summed E-state index contributed by atoms with van der Waals surface area (Å²) in [6, 6.07) is 120. The highest BCUT2D eigenvalue weighted by Gasteiger charge is 2.20. The van der Waals surface area contributed by atoms with Crippen molar-refractivity contribution < 1.29 is 0 Å². The van der Waals surface area contributed by atoms with E-state index in [1.54, 1.807) is 0 Å². The Bertz CT molecular complexity index is 7960. The van der Waals surface area contributed by atoms with Crippen molar-refractivity contribution in [3.05, 3.63) is 371 Å². The predicted octanol–water partition coefficient (Wildman–Crippen LogP) is 26.8. The standard InChI is InChI=1S/C105H61N9/c1-2-16-78-77(15-1)89-52-67(28-35-83(89)84-36-29-68(53-90(78)84)96-22-10-23-97(112-96)73-43-48-108-101(59-73)70-31-38-86-85-37-30-69(54-91(85)79-17-3-4-18-80(79)92(86)55-70)100-58-72(42-47-107-100)95-21-7-8-45-106-95)65-13-9-12-64(50-65)66-26-27-75-61-111-102(60-76(75)51-66)71-32-39-87-88-40-33-74(57-94(88)82-20-6-5-19-81(82)93(87)56-71)105-110-49-44-99(114-105)98-41-34-63-25-24-62-14-11-46-109-103(62)104(63)113-98/h1-61H. The molecule has 9 nitrogen and oxygen atoms in total. The van der Waals surface area contributed by atoms with Crippen molar-refractivity contribution in [2.75, 3.05) is 0 Å². The average Bonchev–Trinajstić information content (AvgIpc) is 0.743. The van der Waals surface area contributed by atoms with Gasteiger partial charge in [0, 0.05) is 92.3 Å². The van der Waals surface area contributed by atoms with Crippen LogP contribution >= 0.6 is 0 Å². The van der Waals surface area contributed by atoms with E-state index >= 15 is 0 Å². The molecule has 0 spiro atoms. The lowest BCUT2D eigenvalue weighted by Crippen LogP contribution is -1.95. The Morgan fingerprint density at radius 3 is 1.09 bits per heavy atom. The zero-order chi connectivity index (χ0) is 74.9. The zero-order valence-corrected chi connectivity index (χ0v) is 61.2. The molecule has 0 aliphatic rings. The van der Waals surface area contributed by atoms with Crippen LogP contribution in [0.5, 0.6) is 0 Å². The van der Waals surface area contributed by atoms with Gasteiger partial charge in [-0.1, -0.05) is 212 Å². The quantitative estimate of drug-likeness (QED) is 0.123. The number of benzene rings is 15. The molecular formula is C105H61N9. The van der Waals surface area contributed by atoms with Gasteiger partial charge in [0.1, 0.15) is 0 Å². The minimum atomic E-state index is 0.640. The molecule has 0 atom stereocenters. The molecule has 23 rings (SSSR count). The van der Waals surface area contributed by atoms with Gasteiger partial charge in [0.25, 0.3) is 0 Å². The summed E-state index contributed by atoms with van der Waals surface area (Å²) in [4.78, 5) is 44.6. The van der Waals surface area contributed by atoms with Crippen LogP contribution in [0.1, 0.15) is 0 Å². The molecule has 0 saturated carbocycles. The molecule has 8 heterocycles. The first kappa shape index (κ1) is 64.5. The molecule has 114 heavy (non-hydrogen) atoms. The van der Waals surface area contributed by atoms with Crippen molar-refractivity contribution in [3.63, 3.8) is 0 Å². The average molecular weight is 1450 g/mol. The van der Waals surface area contributed by atoms with Crippen LogP contribution in [0, 0.1) is 0 Å². The lowest BCUT2D eigenvalue weighted by Gasteiger charge is -2.14. The smallest absolute Gasteiger partial charge is 0.159 e. The molecule has 0 bridgehead atoms. The monoisotopic (exact) mass is 1450 g/mol. The molecule has 0 N–H and O–H groups in total. The van der Waals surface area contributed by atoms with E-state index in [-0.39, 0.29) is 0 Å². The molecule has 0 saturated heterocycles. The van der Waals surface area contributed by atoms with Gasteiger partial charge >= 0.3 is 0 Å². The molecule has 15 aromatic carbocycles. The molecule has 8 aromatic heterocycles. The van der Waals surface area contributed by atoms with Gasteiger partial charge in [-0.15, -0.1) is 0 Å². The van der Waals surface area contributed by atoms with Crippen molar-refractivity contribution in [1.82, 2.24) is 44.9 Å². The number of pyridine rings is 7. The van der Waals surface area contributed by atoms with Gasteiger partial charge in [0.15, 0.2) is 5.82 Å². The van der Waals surface area contributed by atoms with Gasteiger partial charge in [-0.3, -0.25) is 24.9 Å². The lowest BCUT2D eigenvalue weighted by atomic mass is 9.90. The van der Waals surface area contributed by atoms with E-state index in [0.717, 1.165) is 155 Å². The summed E-state index contributed by atoms with van der Waals surface area (Å²) >= 11 is 0. The summed E-state index contributed by atoms with van der Waals surface area (Å²) in [5.74, 6) is 0.640. The van der Waals surface area contributed by atoms with Crippen LogP contribution in [-0.4, -0.2) is 44.9 Å². The third-order valence-corrected chi connectivity index (χ3v) is 23.1. The van der Waals surface area contributed by atoms with Crippen molar-refractivity contribution in [2.24, 2.45) is 0 Å². The van der Waals surface area contributed by atoms with Crippen molar-refractivity contribution in [2.45, 2.75) is 0 Å². The maximum Gasteiger partial charge on any atom is 0.159 e. The lowest BCUT2D eigenvalue weighted by molar-refractivity contribution is 1.17. The molecule has 0 fully saturated rings. The highest BCUT2D eigenvalue weighted by molar-refractivity contribution is 6.29. The fraction of sp³-hybridized carbons (Fsp3) is 0. The first-order valence-corrected chi connectivity index (χ1v) is 38.4. The van der Waals surface area contributed by atoms with Crippen molar-refractivity contribution >= 4 is 130 Å². The third-order valence-electron chi connectivity index (χ3n) is 23.1. The van der Waals surface area contributed by atoms with Gasteiger partial charge in [-0.2, -0.15) is 0 Å². The van der Waals surface area contributed by atoms with Crippen LogP contribution in [0.3, 0.4) is 0 Å². The predicted molar refractivity (Wildman–Crippen MR) is 471 cm³/mol. The van der Waals surface area contributed by atoms with E-state index in [4.69, 9.17) is 34.9 Å². The van der Waals surface area contributed by atoms with Crippen LogP contribution < -0.4 is 0 Å². The highest BCUT2D eigenvalue weighted by Crippen LogP contribution is 2.45. The summed E-state index contributed by atoms with van der Waals surface area (Å²) in [5.41, 5.74) is 20.5. The van der Waals surface area contributed by atoms with Crippen LogP contribution in [0.4, 0.5) is 0 Å². The van der Waals surface area contributed by atoms with E-state index in [1.807, 2.05) is 79.6 Å². The van der Waals surface area contributed by atoms with E-state index in [9.17, 15) is 0 Å². The summed E-state index contributed by atoms with van der Waals surface area (Å²) in [7, 11) is 0. The van der Waals surface area contributed by atoms with Gasteiger partial charge in [0.2, 0.25) is 0 Å². The minimum Gasteiger partial charge on any atom is -0.256 e. The second kappa shape index (κ2) is 26.1. The Morgan fingerprint density at radius 1 is 0.140 bits per heavy atom. The van der Waals surface area contributed by atoms with E-state index in [2.05, 4.69) is 301 Å². The van der Waals surface area contributed by atoms with Crippen LogP contribution in [0.2, 0.25) is 0 Å². The SMILES string of the molecule is c1ccc(-c2ccnc(-c3ccc4c5ccc(-c6cc(-c7cccc(-c8ccc9c%10ccc(-c%11cccc(-c%12ccc%13cnc(-c%14ccc%15c%16ccc(-c%17nccc(-c%18ccc%19ccc%20cccnc%20c%19n%18)n%17)cc%16c%16ccccc%16c%15c%14)cc%13c%12)c%11)cc%10c%10ccccc%10c9c8)n7)ccn6)cc5c5ccccc5c4c3)c2)nc1. The molecule has 0 aliphatic carbocycles. The molecule has 0 radical (unpaired) electrons. The summed E-state index contributed by atoms with van der Waals surface area (Å²) < 4.78 is 0. The van der Waals surface area contributed by atoms with Crippen LogP contribution in [0.25, 0.3) is 242 Å². The first-order valence-electron chi connectivity index (χ1n) is 38.4. The van der Waals surface area contributed by atoms with Gasteiger partial charge in [-0.25, -0.2) is 19.9 Å². The minimum absolute atomic E-state index is 0.640. The fourth-order valence-corrected chi connectivity index (χ4v) is 17.5. The largest absolute Gasteiger partial charge is 0.256 e. The molecule has 0 amide bonds. The van der Waals surface area contributed by atoms with Gasteiger partial charge in [-0.05, 0) is 246 Å². The third kappa shape index (κ3) is 10.9. The Kier molecular flexibility index (Phi) is 14.8. The van der Waals surface area contributed by atoms with Crippen molar-refractivity contribution in [3.8, 4) is 113 Å². The fourth-order valence-electron chi connectivity index (χ4n) is 17.5. The van der Waals surface area contributed by atoms with E-state index < -0.39 is 0 Å². The number of hydrogen-bond acceptors (Lipinski definition) is 9. The van der Waals surface area contributed by atoms with E-state index in [1.165, 1.54) is 80.8 Å². The molecular weight excluding hydrogens is 1390 g/mol. The molecule has 9 heteroatoms. The second-order valence-corrected chi connectivity index (χ2v) is 29.6. The highest BCUT2D eigenvalue weighted by atomic mass is 14.9. The topological polar surface area (TPSA) is 116 Å². The van der Waals surface area contributed by atoms with Gasteiger partial charge in [0.05, 0.1) is 56.6 Å². The number of nitrogens with zero attached hydrogens (tertiary/aromatic N) is 9. The molecule has 0 aliphatic heterocycles. The Labute approximate surface area is 653 Å². The summed E-state index contributed by atoms with van der Waals surface area (Å²) in [6.45, 7) is 0. The summed E-state index contributed by atoms with van der Waals surface area (Å²) in [5, 5.41) is 25.6. The second-order valence-electron chi connectivity index (χ2n) is 29.6. The number of fused-ring (bicyclic) bond motifs is 22.